The van der Waals surface area contributed by atoms with Crippen LogP contribution in [-0.4, -0.2) is 28.5 Å². The van der Waals surface area contributed by atoms with Crippen molar-refractivity contribution in [2.45, 2.75) is 31.6 Å². The van der Waals surface area contributed by atoms with Crippen LogP contribution in [0.2, 0.25) is 5.02 Å². The Morgan fingerprint density at radius 1 is 1.40 bits per heavy atom. The Kier molecular flexibility index (Phi) is 4.64. The third-order valence-corrected chi connectivity index (χ3v) is 4.26. The van der Waals surface area contributed by atoms with Gasteiger partial charge in [-0.1, -0.05) is 23.7 Å². The van der Waals surface area contributed by atoms with Gasteiger partial charge in [0.15, 0.2) is 6.04 Å². The zero-order valence-corrected chi connectivity index (χ0v) is 13.9. The summed E-state index contributed by atoms with van der Waals surface area (Å²) in [6.07, 6.45) is -3.65. The van der Waals surface area contributed by atoms with Gasteiger partial charge in [-0.25, -0.2) is 9.48 Å². The van der Waals surface area contributed by atoms with Gasteiger partial charge in [-0.3, -0.25) is 0 Å². The van der Waals surface area contributed by atoms with Gasteiger partial charge in [0.2, 0.25) is 0 Å². The third-order valence-electron chi connectivity index (χ3n) is 4.01. The van der Waals surface area contributed by atoms with Gasteiger partial charge in [-0.2, -0.15) is 18.3 Å². The van der Waals surface area contributed by atoms with Crippen LogP contribution in [0.1, 0.15) is 41.3 Å². The van der Waals surface area contributed by atoms with Crippen LogP contribution >= 0.6 is 11.6 Å². The number of nitrogens with one attached hydrogen (secondary N) is 1. The van der Waals surface area contributed by atoms with Crippen molar-refractivity contribution in [2.24, 2.45) is 0 Å². The summed E-state index contributed by atoms with van der Waals surface area (Å²) in [5.74, 6) is -0.707. The maximum absolute atomic E-state index is 13.5. The van der Waals surface area contributed by atoms with Gasteiger partial charge in [0.25, 0.3) is 0 Å². The molecule has 0 bridgehead atoms. The molecule has 0 amide bonds. The van der Waals surface area contributed by atoms with Gasteiger partial charge in [-0.15, -0.1) is 0 Å². The molecule has 0 saturated carbocycles. The van der Waals surface area contributed by atoms with Crippen LogP contribution in [0.4, 0.5) is 19.0 Å². The van der Waals surface area contributed by atoms with Crippen molar-refractivity contribution >= 4 is 23.4 Å². The van der Waals surface area contributed by atoms with Crippen LogP contribution in [0, 0.1) is 0 Å². The first-order chi connectivity index (χ1) is 11.8. The SMILES string of the molecule is CCOC(=O)c1cnn2c1N[C@H](c1ccc(Cl)cc1)C[C@@H]2C(F)(F)F. The Morgan fingerprint density at radius 2 is 2.08 bits per heavy atom. The molecule has 9 heteroatoms. The lowest BCUT2D eigenvalue weighted by molar-refractivity contribution is -0.173. The molecule has 1 N–H and O–H groups in total. The minimum Gasteiger partial charge on any atom is -0.462 e. The minimum absolute atomic E-state index is 0.00646. The molecular formula is C16H15ClF3N3O2. The summed E-state index contributed by atoms with van der Waals surface area (Å²) in [4.78, 5) is 12.0. The van der Waals surface area contributed by atoms with E-state index in [1.54, 1.807) is 31.2 Å². The molecule has 0 radical (unpaired) electrons. The van der Waals surface area contributed by atoms with E-state index in [2.05, 4.69) is 10.4 Å². The fourth-order valence-electron chi connectivity index (χ4n) is 2.83. The largest absolute Gasteiger partial charge is 0.462 e. The standard InChI is InChI=1S/C16H15ClF3N3O2/c1-2-25-15(24)11-8-21-23-13(16(18,19)20)7-12(22-14(11)23)9-3-5-10(17)6-4-9/h3-6,8,12-13,22H,2,7H2,1H3/t12-,13+/m0/s1. The normalized spacial score (nSPS) is 19.9. The number of alkyl halides is 3. The number of aromatic nitrogens is 2. The van der Waals surface area contributed by atoms with Crippen molar-refractivity contribution in [1.29, 1.82) is 0 Å². The smallest absolute Gasteiger partial charge is 0.410 e. The molecule has 0 saturated heterocycles. The molecule has 1 aliphatic rings. The highest BCUT2D eigenvalue weighted by atomic mass is 35.5. The summed E-state index contributed by atoms with van der Waals surface area (Å²) in [5.41, 5.74) is 0.621. The van der Waals surface area contributed by atoms with E-state index in [0.717, 1.165) is 10.9 Å². The molecule has 1 aromatic heterocycles. The molecule has 3 rings (SSSR count). The van der Waals surface area contributed by atoms with Gasteiger partial charge in [-0.05, 0) is 24.6 Å². The van der Waals surface area contributed by atoms with E-state index in [4.69, 9.17) is 16.3 Å². The molecule has 134 valence electrons. The minimum atomic E-state index is -4.50. The number of halogens is 4. The number of benzene rings is 1. The highest BCUT2D eigenvalue weighted by Gasteiger charge is 2.47. The summed E-state index contributed by atoms with van der Waals surface area (Å²) in [5, 5.41) is 7.23. The molecule has 5 nitrogen and oxygen atoms in total. The van der Waals surface area contributed by atoms with E-state index in [0.29, 0.717) is 10.6 Å². The van der Waals surface area contributed by atoms with Crippen molar-refractivity contribution in [1.82, 2.24) is 9.78 Å². The van der Waals surface area contributed by atoms with Gasteiger partial charge >= 0.3 is 12.1 Å². The van der Waals surface area contributed by atoms with Crippen LogP contribution in [0.25, 0.3) is 0 Å². The van der Waals surface area contributed by atoms with Gasteiger partial charge in [0.1, 0.15) is 11.4 Å². The number of fused-ring (bicyclic) bond motifs is 1. The van der Waals surface area contributed by atoms with E-state index in [-0.39, 0.29) is 24.4 Å². The predicted molar refractivity (Wildman–Crippen MR) is 85.7 cm³/mol. The Morgan fingerprint density at radius 3 is 2.68 bits per heavy atom. The van der Waals surface area contributed by atoms with E-state index in [1.165, 1.54) is 0 Å². The summed E-state index contributed by atoms with van der Waals surface area (Å²) in [7, 11) is 0. The Labute approximate surface area is 146 Å². The second-order valence-electron chi connectivity index (χ2n) is 5.61. The molecule has 25 heavy (non-hydrogen) atoms. The Hall–Kier alpha value is -2.22. The molecule has 2 atom stereocenters. The second-order valence-corrected chi connectivity index (χ2v) is 6.05. The number of rotatable bonds is 3. The first-order valence-corrected chi connectivity index (χ1v) is 8.02. The number of esters is 1. The topological polar surface area (TPSA) is 56.1 Å². The molecule has 0 spiro atoms. The van der Waals surface area contributed by atoms with Gasteiger partial charge in [0.05, 0.1) is 18.8 Å². The fourth-order valence-corrected chi connectivity index (χ4v) is 2.96. The summed E-state index contributed by atoms with van der Waals surface area (Å²) < 4.78 is 46.2. The highest BCUT2D eigenvalue weighted by Crippen LogP contribution is 2.44. The number of hydrogen-bond acceptors (Lipinski definition) is 4. The first-order valence-electron chi connectivity index (χ1n) is 7.64. The average Bonchev–Trinajstić information content (AvgIpc) is 2.97. The third kappa shape index (κ3) is 3.44. The number of hydrogen-bond donors (Lipinski definition) is 1. The summed E-state index contributed by atoms with van der Waals surface area (Å²) >= 11 is 5.84. The van der Waals surface area contributed by atoms with Crippen LogP contribution < -0.4 is 5.32 Å². The maximum atomic E-state index is 13.5. The number of carbonyl (C=O) groups is 1. The van der Waals surface area contributed by atoms with E-state index in [1.807, 2.05) is 0 Å². The number of anilines is 1. The first kappa shape index (κ1) is 17.6. The van der Waals surface area contributed by atoms with Crippen molar-refractivity contribution in [2.75, 3.05) is 11.9 Å². The van der Waals surface area contributed by atoms with Gasteiger partial charge in [0, 0.05) is 11.4 Å². The monoisotopic (exact) mass is 373 g/mol. The number of ether oxygens (including phenoxy) is 1. The van der Waals surface area contributed by atoms with E-state index < -0.39 is 24.2 Å². The quantitative estimate of drug-likeness (QED) is 0.811. The van der Waals surface area contributed by atoms with Crippen molar-refractivity contribution in [3.8, 4) is 0 Å². The van der Waals surface area contributed by atoms with Gasteiger partial charge < -0.3 is 10.1 Å². The van der Waals surface area contributed by atoms with Crippen molar-refractivity contribution < 1.29 is 22.7 Å². The zero-order valence-electron chi connectivity index (χ0n) is 13.2. The van der Waals surface area contributed by atoms with Crippen LogP contribution in [0.3, 0.4) is 0 Å². The molecule has 1 aromatic carbocycles. The van der Waals surface area contributed by atoms with Crippen molar-refractivity contribution in [3.63, 3.8) is 0 Å². The molecule has 2 aromatic rings. The Balaban J connectivity index is 2.02. The second kappa shape index (κ2) is 6.59. The lowest BCUT2D eigenvalue weighted by Gasteiger charge is -2.34. The van der Waals surface area contributed by atoms with E-state index in [9.17, 15) is 18.0 Å². The van der Waals surface area contributed by atoms with Crippen LogP contribution in [-0.2, 0) is 4.74 Å². The lowest BCUT2D eigenvalue weighted by Crippen LogP contribution is -2.36. The highest BCUT2D eigenvalue weighted by molar-refractivity contribution is 6.30. The summed E-state index contributed by atoms with van der Waals surface area (Å²) in [6, 6.07) is 4.06. The average molecular weight is 374 g/mol. The molecule has 0 fully saturated rings. The van der Waals surface area contributed by atoms with Crippen molar-refractivity contribution in [3.05, 3.63) is 46.6 Å². The molecule has 0 aliphatic carbocycles. The lowest BCUT2D eigenvalue weighted by atomic mass is 9.96. The zero-order chi connectivity index (χ0) is 18.2. The van der Waals surface area contributed by atoms with E-state index >= 15 is 0 Å². The predicted octanol–water partition coefficient (Wildman–Crippen LogP) is 4.37. The maximum Gasteiger partial charge on any atom is 0.410 e. The fraction of sp³-hybridized carbons (Fsp3) is 0.375. The summed E-state index contributed by atoms with van der Waals surface area (Å²) in [6.45, 7) is 1.74. The van der Waals surface area contributed by atoms with Crippen LogP contribution in [0.5, 0.6) is 0 Å². The molecular weight excluding hydrogens is 359 g/mol. The molecule has 0 unspecified atom stereocenters. The van der Waals surface area contributed by atoms with Crippen LogP contribution in [0.15, 0.2) is 30.5 Å². The Bertz CT molecular complexity index is 774. The molecule has 2 heterocycles. The number of carbonyl (C=O) groups excluding carboxylic acids is 1. The molecule has 1 aliphatic heterocycles. The number of nitrogens with zero attached hydrogens (tertiary/aromatic N) is 2.